The molecule has 0 aromatic heterocycles. The first-order chi connectivity index (χ1) is 41.3. The van der Waals surface area contributed by atoms with Gasteiger partial charge in [0, 0.05) is 43.2 Å². The van der Waals surface area contributed by atoms with Gasteiger partial charge in [-0.3, -0.25) is 19.9 Å². The lowest BCUT2D eigenvalue weighted by molar-refractivity contribution is -0.168. The van der Waals surface area contributed by atoms with E-state index >= 15 is 4.79 Å². The Morgan fingerprint density at radius 2 is 1.66 bits per heavy atom. The molecular weight excluding hydrogens is 1080 g/mol. The molecule has 15 heteroatoms. The summed E-state index contributed by atoms with van der Waals surface area (Å²) in [7, 11) is 0. The summed E-state index contributed by atoms with van der Waals surface area (Å²) < 4.78 is 6.30. The molecule has 5 aliphatic rings. The highest BCUT2D eigenvalue weighted by Gasteiger charge is 2.64. The first-order valence-electron chi connectivity index (χ1n) is 30.6. The summed E-state index contributed by atoms with van der Waals surface area (Å²) in [6.07, 6.45) is 9.30. The Hall–Kier alpha value is -6.97. The van der Waals surface area contributed by atoms with Crippen LogP contribution in [0.2, 0.25) is 0 Å². The molecule has 14 N–H and O–H groups in total. The van der Waals surface area contributed by atoms with Gasteiger partial charge in [-0.1, -0.05) is 139 Å². The number of Topliss-reactive ketones (excluding diaryl/α,β-unsaturated/α-hetero) is 1. The smallest absolute Gasteiger partial charge is 0.243 e. The van der Waals surface area contributed by atoms with Crippen molar-refractivity contribution < 1.29 is 45.0 Å². The van der Waals surface area contributed by atoms with Crippen LogP contribution in [-0.4, -0.2) is 105 Å². The zero-order chi connectivity index (χ0) is 61.1. The Bertz CT molecular complexity index is 3280. The average molecular weight is 1170 g/mol. The fourth-order valence-electron chi connectivity index (χ4n) is 14.5. The quantitative estimate of drug-likeness (QED) is 0.0334. The Labute approximate surface area is 506 Å². The molecule has 12 unspecified atom stereocenters. The van der Waals surface area contributed by atoms with Crippen LogP contribution in [0.4, 0.5) is 0 Å². The van der Waals surface area contributed by atoms with E-state index in [0.717, 1.165) is 52.7 Å². The highest BCUT2D eigenvalue weighted by atomic mass is 16.5. The molecule has 4 aromatic carbocycles. The van der Waals surface area contributed by atoms with Gasteiger partial charge >= 0.3 is 0 Å². The Kier molecular flexibility index (Phi) is 21.2. The molecule has 12 atom stereocenters. The summed E-state index contributed by atoms with van der Waals surface area (Å²) in [4.78, 5) is 33.9. The van der Waals surface area contributed by atoms with Gasteiger partial charge in [-0.05, 0) is 171 Å². The Morgan fingerprint density at radius 3 is 2.43 bits per heavy atom. The number of rotatable bonds is 9. The van der Waals surface area contributed by atoms with Gasteiger partial charge in [0.25, 0.3) is 0 Å². The first-order valence-corrected chi connectivity index (χ1v) is 30.6. The number of ether oxygens (including phenoxy) is 1. The molecule has 9 rings (SSSR count). The summed E-state index contributed by atoms with van der Waals surface area (Å²) in [5, 5.41) is 78.8. The number of guanidine groups is 1. The van der Waals surface area contributed by atoms with E-state index < -0.39 is 77.2 Å². The van der Waals surface area contributed by atoms with Gasteiger partial charge in [-0.25, -0.2) is 0 Å². The van der Waals surface area contributed by atoms with Crippen LogP contribution in [-0.2, 0) is 40.0 Å². The number of allylic oxidation sites excluding steroid dienone is 5. The van der Waals surface area contributed by atoms with Crippen molar-refractivity contribution in [2.24, 2.45) is 45.4 Å². The number of ketones is 1. The number of fused-ring (bicyclic) bond motifs is 4. The summed E-state index contributed by atoms with van der Waals surface area (Å²) >= 11 is 0. The Morgan fingerprint density at radius 1 is 0.907 bits per heavy atom. The van der Waals surface area contributed by atoms with Crippen LogP contribution in [0.1, 0.15) is 135 Å². The third-order valence-corrected chi connectivity index (χ3v) is 19.3. The van der Waals surface area contributed by atoms with Crippen molar-refractivity contribution in [2.45, 2.75) is 152 Å². The number of aryl methyl sites for hydroxylation is 1. The van der Waals surface area contributed by atoms with Gasteiger partial charge in [0.15, 0.2) is 11.7 Å². The van der Waals surface area contributed by atoms with Crippen molar-refractivity contribution in [3.8, 4) is 17.6 Å². The number of β-amino-alcohol motifs (C(OH)–C–C–N with tert-alkyl or cyclic N) is 1. The fourth-order valence-corrected chi connectivity index (χ4v) is 14.5. The van der Waals surface area contributed by atoms with Crippen molar-refractivity contribution in [2.75, 3.05) is 26.3 Å². The second-order valence-corrected chi connectivity index (χ2v) is 24.8. The number of phenolic OH excluding ortho intramolecular Hbond substituents is 1. The number of hydrogen-bond donors (Lipinski definition) is 11. The largest absolute Gasteiger partial charge is 0.508 e. The first kappa shape index (κ1) is 63.5. The standard InChI is InChI=1S/C71H88N6O9/c1-44-13-9-22-52(43-86-36-8-7-16-47(24-31-61(44)80)18-10-17-46-14-5-4-6-15-46)56-33-35-71(66(56)83)60-30-29-54(79)38-48-19-11-20-49(37-48)39-58(59(41-76-69(73)74)50-25-27-53(78)28-26-50)63(82)42-75-65-64-51(21-12-23-57(64)67(72)77-68(65)84)40-62(81)45(2)55(60)32-34-70(71,3)85/h4-6,9,11-15,19-28,37,54,56,58-61,63,65-67,75,78-80,82-83,85H,1,10,16-18,29-36,38-43,72H2,2-3H3,(H,77,84)(H4,73,74,76). The van der Waals surface area contributed by atoms with E-state index in [4.69, 9.17) is 21.9 Å². The van der Waals surface area contributed by atoms with Crippen molar-refractivity contribution in [1.82, 2.24) is 10.6 Å². The molecule has 3 aliphatic heterocycles. The lowest BCUT2D eigenvalue weighted by Gasteiger charge is -2.56. The third-order valence-electron chi connectivity index (χ3n) is 19.3. The number of nitrogens with zero attached hydrogens (tertiary/aromatic N) is 1. The fraction of sp³-hybridized carbons (Fsp3) is 0.451. The van der Waals surface area contributed by atoms with Crippen LogP contribution >= 0.6 is 0 Å². The zero-order valence-electron chi connectivity index (χ0n) is 49.8. The van der Waals surface area contributed by atoms with E-state index in [2.05, 4.69) is 64.4 Å². The van der Waals surface area contributed by atoms with Gasteiger partial charge in [0.05, 0.1) is 36.6 Å². The van der Waals surface area contributed by atoms with Crippen LogP contribution in [0.5, 0.6) is 5.75 Å². The lowest BCUT2D eigenvalue weighted by Crippen LogP contribution is -2.59. The van der Waals surface area contributed by atoms with Gasteiger partial charge in [0.1, 0.15) is 24.6 Å². The number of hydrogen-bond acceptors (Lipinski definition) is 12. The predicted octanol–water partition coefficient (Wildman–Crippen LogP) is 7.59. The van der Waals surface area contributed by atoms with Crippen LogP contribution in [0.15, 0.2) is 161 Å². The van der Waals surface area contributed by atoms with E-state index in [1.807, 2.05) is 74.5 Å². The molecule has 456 valence electrons. The highest BCUT2D eigenvalue weighted by Crippen LogP contribution is 2.63. The number of phenols is 1. The molecule has 2 saturated carbocycles. The van der Waals surface area contributed by atoms with E-state index in [1.54, 1.807) is 30.3 Å². The second-order valence-electron chi connectivity index (χ2n) is 24.8. The van der Waals surface area contributed by atoms with Crippen molar-refractivity contribution in [3.05, 3.63) is 195 Å². The monoisotopic (exact) mass is 1170 g/mol. The molecule has 4 aromatic rings. The van der Waals surface area contributed by atoms with Crippen molar-refractivity contribution in [3.63, 3.8) is 0 Å². The summed E-state index contributed by atoms with van der Waals surface area (Å²) in [6.45, 7) is 8.21. The molecule has 1 amide bonds. The third kappa shape index (κ3) is 14.9. The molecule has 0 radical (unpaired) electrons. The number of nitrogens with two attached hydrogens (primary N) is 3. The molecule has 2 aliphatic carbocycles. The molecule has 86 heavy (non-hydrogen) atoms. The maximum absolute atomic E-state index is 15.2. The zero-order valence-corrected chi connectivity index (χ0v) is 49.8. The maximum atomic E-state index is 15.2. The normalized spacial score (nSPS) is 29.3. The number of carbonyl (C=O) groups excluding carboxylic acids is 2. The van der Waals surface area contributed by atoms with Gasteiger partial charge in [-0.15, -0.1) is 0 Å². The molecule has 15 nitrogen and oxygen atoms in total. The van der Waals surface area contributed by atoms with Crippen LogP contribution in [0, 0.1) is 35.0 Å². The van der Waals surface area contributed by atoms with Gasteiger partial charge in [0.2, 0.25) is 5.91 Å². The number of aromatic hydroxyl groups is 1. The molecule has 0 saturated heterocycles. The molecular formula is C71H88N6O9. The number of carbonyl (C=O) groups is 2. The lowest BCUT2D eigenvalue weighted by atomic mass is 9.52. The number of aliphatic imine (C=N–C) groups is 1. The second kappa shape index (κ2) is 28.7. The number of aliphatic hydroxyl groups excluding tert-OH is 4. The molecule has 2 fully saturated rings. The van der Waals surface area contributed by atoms with E-state index in [0.29, 0.717) is 72.8 Å². The minimum atomic E-state index is -1.40. The Balaban J connectivity index is 1.05. The van der Waals surface area contributed by atoms with Crippen LogP contribution < -0.4 is 27.8 Å². The van der Waals surface area contributed by atoms with Gasteiger partial charge < -0.3 is 57.9 Å². The number of aliphatic hydroxyl groups is 5. The van der Waals surface area contributed by atoms with Crippen LogP contribution in [0.3, 0.4) is 0 Å². The minimum absolute atomic E-state index is 0.0644. The highest BCUT2D eigenvalue weighted by molar-refractivity contribution is 5.98. The topological polar surface area (TPSA) is 279 Å². The number of nitrogens with one attached hydrogen (secondary N) is 2. The molecule has 3 heterocycles. The minimum Gasteiger partial charge on any atom is -0.508 e. The summed E-state index contributed by atoms with van der Waals surface area (Å²) in [5.74, 6) is 3.78. The summed E-state index contributed by atoms with van der Waals surface area (Å²) in [5.41, 5.74) is 25.3. The maximum Gasteiger partial charge on any atom is 0.243 e. The molecule has 2 bridgehead atoms. The van der Waals surface area contributed by atoms with Gasteiger partial charge in [-0.2, -0.15) is 0 Å². The van der Waals surface area contributed by atoms with Crippen molar-refractivity contribution >= 4 is 17.6 Å². The van der Waals surface area contributed by atoms with Crippen LogP contribution in [0.25, 0.3) is 0 Å². The van der Waals surface area contributed by atoms with E-state index in [1.165, 1.54) is 5.56 Å². The van der Waals surface area contributed by atoms with E-state index in [-0.39, 0.29) is 69.5 Å². The summed E-state index contributed by atoms with van der Waals surface area (Å²) in [6, 6.07) is 29.4. The SMILES string of the molecule is C=C1C=CC=C(C2CCC3(C4CCC(O)Cc5cccc(c5)CC(C(CN=C(N)N)c5ccc(O)cc5)C(O)CNC5C(=O)NC(N)c6cccc(c65)CC(=O)C(C)=C4CCC3(C)O)C2O)COCC#CCC(CCCc2ccccc2)=CCC1O. The number of amides is 1. The van der Waals surface area contributed by atoms with Crippen molar-refractivity contribution in [1.29, 1.82) is 0 Å². The number of benzene rings is 4. The van der Waals surface area contributed by atoms with E-state index in [9.17, 15) is 35.4 Å². The average Bonchev–Trinajstić information content (AvgIpc) is 1.44. The predicted molar refractivity (Wildman–Crippen MR) is 336 cm³/mol. The molecule has 1 spiro atoms.